The Bertz CT molecular complexity index is 769. The van der Waals surface area contributed by atoms with E-state index in [9.17, 15) is 14.4 Å². The molecule has 0 saturated carbocycles. The number of allylic oxidation sites excluding steroid dienone is 1. The van der Waals surface area contributed by atoms with Gasteiger partial charge in [0.15, 0.2) is 0 Å². The van der Waals surface area contributed by atoms with E-state index >= 15 is 0 Å². The van der Waals surface area contributed by atoms with Crippen LogP contribution >= 0.6 is 0 Å². The number of carbonyl (C=O) groups is 3. The van der Waals surface area contributed by atoms with Crippen LogP contribution in [-0.4, -0.2) is 37.7 Å². The molecule has 0 heterocycles. The van der Waals surface area contributed by atoms with Crippen LogP contribution in [0.25, 0.3) is 0 Å². The maximum Gasteiger partial charge on any atom is 0.338 e. The van der Waals surface area contributed by atoms with Crippen molar-refractivity contribution in [2.75, 3.05) is 19.8 Å². The molecule has 0 amide bonds. The van der Waals surface area contributed by atoms with Gasteiger partial charge in [0.1, 0.15) is 13.2 Å². The Morgan fingerprint density at radius 2 is 1.24 bits per heavy atom. The third-order valence-electron chi connectivity index (χ3n) is 3.88. The SMILES string of the molecule is CC(=O)OCCCC=C(COC(=O)c1ccccc1)COC(=O)c1ccccc1. The van der Waals surface area contributed by atoms with E-state index in [1.807, 2.05) is 18.2 Å². The van der Waals surface area contributed by atoms with Gasteiger partial charge in [0, 0.05) is 12.5 Å². The minimum Gasteiger partial charge on any atom is -0.466 e. The molecule has 29 heavy (non-hydrogen) atoms. The average molecular weight is 396 g/mol. The molecule has 2 aromatic rings. The fourth-order valence-electron chi connectivity index (χ4n) is 2.40. The molecule has 0 aliphatic carbocycles. The first-order valence-corrected chi connectivity index (χ1v) is 9.32. The number of esters is 3. The van der Waals surface area contributed by atoms with Crippen molar-refractivity contribution in [3.63, 3.8) is 0 Å². The lowest BCUT2D eigenvalue weighted by molar-refractivity contribution is -0.141. The molecule has 2 rings (SSSR count). The van der Waals surface area contributed by atoms with Gasteiger partial charge < -0.3 is 14.2 Å². The zero-order chi connectivity index (χ0) is 20.9. The molecule has 0 unspecified atom stereocenters. The second-order valence-corrected chi connectivity index (χ2v) is 6.23. The molecule has 6 nitrogen and oxygen atoms in total. The smallest absolute Gasteiger partial charge is 0.338 e. The van der Waals surface area contributed by atoms with E-state index in [4.69, 9.17) is 14.2 Å². The number of benzene rings is 2. The van der Waals surface area contributed by atoms with Crippen LogP contribution < -0.4 is 0 Å². The lowest BCUT2D eigenvalue weighted by Crippen LogP contribution is -2.14. The molecule has 0 bridgehead atoms. The molecule has 0 radical (unpaired) electrons. The van der Waals surface area contributed by atoms with Crippen LogP contribution in [0.3, 0.4) is 0 Å². The molecule has 0 aliphatic heterocycles. The van der Waals surface area contributed by atoms with Gasteiger partial charge in [-0.05, 0) is 37.1 Å². The van der Waals surface area contributed by atoms with E-state index in [-0.39, 0.29) is 19.2 Å². The van der Waals surface area contributed by atoms with Crippen LogP contribution in [0.1, 0.15) is 40.5 Å². The van der Waals surface area contributed by atoms with Crippen molar-refractivity contribution < 1.29 is 28.6 Å². The molecule has 0 atom stereocenters. The molecular formula is C23H24O6. The minimum atomic E-state index is -0.453. The van der Waals surface area contributed by atoms with E-state index in [0.717, 1.165) is 0 Å². The van der Waals surface area contributed by atoms with Crippen molar-refractivity contribution in [2.24, 2.45) is 0 Å². The summed E-state index contributed by atoms with van der Waals surface area (Å²) in [4.78, 5) is 35.1. The minimum absolute atomic E-state index is 0.00334. The fraction of sp³-hybridized carbons (Fsp3) is 0.261. The van der Waals surface area contributed by atoms with Crippen molar-refractivity contribution in [1.82, 2.24) is 0 Å². The Kier molecular flexibility index (Phi) is 9.15. The van der Waals surface area contributed by atoms with E-state index < -0.39 is 11.9 Å². The molecular weight excluding hydrogens is 372 g/mol. The quantitative estimate of drug-likeness (QED) is 0.262. The van der Waals surface area contributed by atoms with Gasteiger partial charge >= 0.3 is 17.9 Å². The fourth-order valence-corrected chi connectivity index (χ4v) is 2.40. The van der Waals surface area contributed by atoms with Crippen LogP contribution in [0.5, 0.6) is 0 Å². The molecule has 0 fully saturated rings. The Labute approximate surface area is 170 Å². The molecule has 0 N–H and O–H groups in total. The van der Waals surface area contributed by atoms with Crippen LogP contribution in [0.4, 0.5) is 0 Å². The standard InChI is InChI=1S/C23H24O6/c1-18(24)27-15-9-8-10-19(16-28-22(25)20-11-4-2-5-12-20)17-29-23(26)21-13-6-3-7-14-21/h2-7,10-14H,8-9,15-17H2,1H3. The van der Waals surface area contributed by atoms with Crippen molar-refractivity contribution in [3.05, 3.63) is 83.4 Å². The summed E-state index contributed by atoms with van der Waals surface area (Å²) in [6.45, 7) is 1.66. The van der Waals surface area contributed by atoms with Gasteiger partial charge in [-0.15, -0.1) is 0 Å². The molecule has 0 aliphatic rings. The summed E-state index contributed by atoms with van der Waals surface area (Å²) in [7, 11) is 0. The van der Waals surface area contributed by atoms with Gasteiger partial charge in [0.05, 0.1) is 17.7 Å². The van der Waals surface area contributed by atoms with Gasteiger partial charge in [0.2, 0.25) is 0 Å². The Hall–Kier alpha value is -3.41. The van der Waals surface area contributed by atoms with E-state index in [1.54, 1.807) is 48.5 Å². The number of unbranched alkanes of at least 4 members (excludes halogenated alkanes) is 1. The Balaban J connectivity index is 1.91. The largest absolute Gasteiger partial charge is 0.466 e. The highest BCUT2D eigenvalue weighted by molar-refractivity contribution is 5.90. The van der Waals surface area contributed by atoms with Gasteiger partial charge in [-0.1, -0.05) is 42.5 Å². The molecule has 6 heteroatoms. The summed E-state index contributed by atoms with van der Waals surface area (Å²) in [5.41, 5.74) is 1.55. The summed E-state index contributed by atoms with van der Waals surface area (Å²) < 4.78 is 15.6. The molecule has 2 aromatic carbocycles. The zero-order valence-corrected chi connectivity index (χ0v) is 16.3. The second-order valence-electron chi connectivity index (χ2n) is 6.23. The summed E-state index contributed by atoms with van der Waals surface area (Å²) in [5.74, 6) is -1.24. The Morgan fingerprint density at radius 1 is 0.759 bits per heavy atom. The highest BCUT2D eigenvalue weighted by atomic mass is 16.5. The van der Waals surface area contributed by atoms with Crippen molar-refractivity contribution >= 4 is 17.9 Å². The van der Waals surface area contributed by atoms with Gasteiger partial charge in [-0.3, -0.25) is 4.79 Å². The molecule has 0 aromatic heterocycles. The van der Waals surface area contributed by atoms with Crippen LogP contribution in [0.2, 0.25) is 0 Å². The highest BCUT2D eigenvalue weighted by Gasteiger charge is 2.11. The first kappa shape index (κ1) is 21.9. The van der Waals surface area contributed by atoms with E-state index in [1.165, 1.54) is 6.92 Å². The number of hydrogen-bond donors (Lipinski definition) is 0. The maximum absolute atomic E-state index is 12.1. The number of ether oxygens (including phenoxy) is 3. The zero-order valence-electron chi connectivity index (χ0n) is 16.3. The number of carbonyl (C=O) groups excluding carboxylic acids is 3. The van der Waals surface area contributed by atoms with Crippen LogP contribution in [0, 0.1) is 0 Å². The summed E-state index contributed by atoms with van der Waals surface area (Å²) in [6.07, 6.45) is 3.04. The number of hydrogen-bond acceptors (Lipinski definition) is 6. The lowest BCUT2D eigenvalue weighted by atomic mass is 10.2. The van der Waals surface area contributed by atoms with Gasteiger partial charge in [0.25, 0.3) is 0 Å². The normalized spacial score (nSPS) is 9.97. The summed E-state index contributed by atoms with van der Waals surface area (Å²) >= 11 is 0. The number of rotatable bonds is 10. The Morgan fingerprint density at radius 3 is 1.69 bits per heavy atom. The van der Waals surface area contributed by atoms with E-state index in [2.05, 4.69) is 0 Å². The third kappa shape index (κ3) is 8.43. The first-order chi connectivity index (χ1) is 14.1. The monoisotopic (exact) mass is 396 g/mol. The van der Waals surface area contributed by atoms with Gasteiger partial charge in [-0.25, -0.2) is 9.59 Å². The molecule has 0 saturated heterocycles. The highest BCUT2D eigenvalue weighted by Crippen LogP contribution is 2.08. The average Bonchev–Trinajstić information content (AvgIpc) is 2.75. The first-order valence-electron chi connectivity index (χ1n) is 9.32. The van der Waals surface area contributed by atoms with E-state index in [0.29, 0.717) is 36.1 Å². The van der Waals surface area contributed by atoms with Crippen LogP contribution in [-0.2, 0) is 19.0 Å². The van der Waals surface area contributed by atoms with Crippen LogP contribution in [0.15, 0.2) is 72.3 Å². The maximum atomic E-state index is 12.1. The third-order valence-corrected chi connectivity index (χ3v) is 3.88. The second kappa shape index (κ2) is 12.1. The molecule has 152 valence electrons. The topological polar surface area (TPSA) is 78.9 Å². The van der Waals surface area contributed by atoms with Crippen molar-refractivity contribution in [3.8, 4) is 0 Å². The van der Waals surface area contributed by atoms with Crippen molar-refractivity contribution in [1.29, 1.82) is 0 Å². The predicted molar refractivity (Wildman–Crippen MR) is 107 cm³/mol. The summed E-state index contributed by atoms with van der Waals surface area (Å²) in [6, 6.07) is 17.3. The van der Waals surface area contributed by atoms with Gasteiger partial charge in [-0.2, -0.15) is 0 Å². The molecule has 0 spiro atoms. The van der Waals surface area contributed by atoms with Crippen molar-refractivity contribution in [2.45, 2.75) is 19.8 Å². The predicted octanol–water partition coefficient (Wildman–Crippen LogP) is 3.97. The summed E-state index contributed by atoms with van der Waals surface area (Å²) in [5, 5.41) is 0. The lowest BCUT2D eigenvalue weighted by Gasteiger charge is -2.11.